The van der Waals surface area contributed by atoms with Crippen molar-refractivity contribution in [2.24, 2.45) is 0 Å². The lowest BCUT2D eigenvalue weighted by Gasteiger charge is -2.41. The zero-order valence-electron chi connectivity index (χ0n) is 12.0. The molecule has 18 heavy (non-hydrogen) atoms. The Kier molecular flexibility index (Phi) is 5.42. The largest absolute Gasteiger partial charge is 0.377 e. The molecule has 2 N–H and O–H groups in total. The Morgan fingerprint density at radius 2 is 2.11 bits per heavy atom. The summed E-state index contributed by atoms with van der Waals surface area (Å²) in [7, 11) is 0. The van der Waals surface area contributed by atoms with E-state index < -0.39 is 0 Å². The summed E-state index contributed by atoms with van der Waals surface area (Å²) < 4.78 is 5.62. The van der Waals surface area contributed by atoms with Crippen LogP contribution in [0.15, 0.2) is 0 Å². The van der Waals surface area contributed by atoms with Crippen LogP contribution in [-0.4, -0.2) is 62.4 Å². The Morgan fingerprint density at radius 3 is 2.78 bits per heavy atom. The molecular formula is C14H29N3O. The Balaban J connectivity index is 1.61. The maximum atomic E-state index is 5.62. The van der Waals surface area contributed by atoms with Gasteiger partial charge in [-0.15, -0.1) is 0 Å². The highest BCUT2D eigenvalue weighted by molar-refractivity contribution is 4.85. The first-order valence-corrected chi connectivity index (χ1v) is 7.46. The Labute approximate surface area is 111 Å². The first-order valence-electron chi connectivity index (χ1n) is 7.46. The van der Waals surface area contributed by atoms with E-state index in [-0.39, 0.29) is 0 Å². The van der Waals surface area contributed by atoms with Crippen LogP contribution >= 0.6 is 0 Å². The first kappa shape index (κ1) is 14.3. The molecule has 0 aliphatic carbocycles. The fraction of sp³-hybridized carbons (Fsp3) is 1.00. The van der Waals surface area contributed by atoms with Gasteiger partial charge < -0.3 is 15.4 Å². The van der Waals surface area contributed by atoms with E-state index in [0.29, 0.717) is 11.6 Å². The molecule has 2 heterocycles. The van der Waals surface area contributed by atoms with Gasteiger partial charge in [0.2, 0.25) is 0 Å². The molecule has 0 bridgehead atoms. The van der Waals surface area contributed by atoms with E-state index in [1.807, 2.05) is 0 Å². The number of piperazine rings is 1. The topological polar surface area (TPSA) is 36.5 Å². The summed E-state index contributed by atoms with van der Waals surface area (Å²) in [5, 5.41) is 6.97. The van der Waals surface area contributed by atoms with Crippen LogP contribution in [0.5, 0.6) is 0 Å². The van der Waals surface area contributed by atoms with Crippen molar-refractivity contribution in [1.29, 1.82) is 0 Å². The van der Waals surface area contributed by atoms with Crippen LogP contribution in [0.1, 0.15) is 33.1 Å². The highest BCUT2D eigenvalue weighted by Gasteiger charge is 2.27. The predicted octanol–water partition coefficient (Wildman–Crippen LogP) is 0.829. The van der Waals surface area contributed by atoms with E-state index in [1.165, 1.54) is 32.4 Å². The molecule has 1 atom stereocenters. The minimum absolute atomic E-state index is 0.311. The van der Waals surface area contributed by atoms with Crippen molar-refractivity contribution in [3.8, 4) is 0 Å². The first-order chi connectivity index (χ1) is 8.68. The molecule has 2 saturated heterocycles. The number of nitrogens with one attached hydrogen (secondary N) is 2. The molecule has 2 aliphatic rings. The van der Waals surface area contributed by atoms with E-state index in [4.69, 9.17) is 4.74 Å². The normalized spacial score (nSPS) is 26.7. The summed E-state index contributed by atoms with van der Waals surface area (Å²) >= 11 is 0. The van der Waals surface area contributed by atoms with E-state index in [0.717, 1.165) is 32.8 Å². The molecule has 1 unspecified atom stereocenters. The van der Waals surface area contributed by atoms with Crippen molar-refractivity contribution >= 4 is 0 Å². The van der Waals surface area contributed by atoms with Gasteiger partial charge in [0.15, 0.2) is 0 Å². The van der Waals surface area contributed by atoms with Crippen molar-refractivity contribution in [3.05, 3.63) is 0 Å². The molecular weight excluding hydrogens is 226 g/mol. The number of ether oxygens (including phenoxy) is 1. The van der Waals surface area contributed by atoms with Crippen LogP contribution in [-0.2, 0) is 4.74 Å². The van der Waals surface area contributed by atoms with Crippen molar-refractivity contribution in [3.63, 3.8) is 0 Å². The fourth-order valence-corrected chi connectivity index (χ4v) is 2.89. The Bertz CT molecular complexity index is 233. The van der Waals surface area contributed by atoms with E-state index in [9.17, 15) is 0 Å². The third kappa shape index (κ3) is 4.19. The molecule has 0 aromatic carbocycles. The third-order valence-corrected chi connectivity index (χ3v) is 4.28. The lowest BCUT2D eigenvalue weighted by Crippen LogP contribution is -2.54. The lowest BCUT2D eigenvalue weighted by atomic mass is 9.97. The lowest BCUT2D eigenvalue weighted by molar-refractivity contribution is 0.0896. The van der Waals surface area contributed by atoms with E-state index in [1.54, 1.807) is 0 Å². The average Bonchev–Trinajstić information content (AvgIpc) is 2.89. The van der Waals surface area contributed by atoms with Crippen molar-refractivity contribution in [1.82, 2.24) is 15.5 Å². The second-order valence-electron chi connectivity index (χ2n) is 6.14. The number of hydrogen-bond donors (Lipinski definition) is 2. The molecule has 2 rings (SSSR count). The van der Waals surface area contributed by atoms with Crippen LogP contribution in [0, 0.1) is 0 Å². The van der Waals surface area contributed by atoms with Crippen LogP contribution in [0.2, 0.25) is 0 Å². The molecule has 0 radical (unpaired) electrons. The van der Waals surface area contributed by atoms with Crippen molar-refractivity contribution in [2.45, 2.75) is 44.8 Å². The average molecular weight is 255 g/mol. The van der Waals surface area contributed by atoms with Gasteiger partial charge in [-0.1, -0.05) is 0 Å². The van der Waals surface area contributed by atoms with E-state index in [2.05, 4.69) is 29.4 Å². The molecule has 4 heteroatoms. The van der Waals surface area contributed by atoms with Crippen LogP contribution in [0.4, 0.5) is 0 Å². The quantitative estimate of drug-likeness (QED) is 0.689. The maximum Gasteiger partial charge on any atom is 0.0700 e. The molecule has 0 spiro atoms. The SMILES string of the molecule is CC(C)(CCNCC1CCCO1)N1CCNCC1. The fourth-order valence-electron chi connectivity index (χ4n) is 2.89. The summed E-state index contributed by atoms with van der Waals surface area (Å²) in [6.45, 7) is 12.4. The van der Waals surface area contributed by atoms with Gasteiger partial charge in [-0.25, -0.2) is 0 Å². The van der Waals surface area contributed by atoms with Gasteiger partial charge in [-0.05, 0) is 39.7 Å². The van der Waals surface area contributed by atoms with Crippen LogP contribution in [0.25, 0.3) is 0 Å². The zero-order valence-corrected chi connectivity index (χ0v) is 12.0. The Hall–Kier alpha value is -0.160. The minimum atomic E-state index is 0.311. The number of hydrogen-bond acceptors (Lipinski definition) is 4. The number of rotatable bonds is 6. The van der Waals surface area contributed by atoms with Crippen LogP contribution < -0.4 is 10.6 Å². The predicted molar refractivity (Wildman–Crippen MR) is 75.0 cm³/mol. The highest BCUT2D eigenvalue weighted by atomic mass is 16.5. The molecule has 2 fully saturated rings. The van der Waals surface area contributed by atoms with Gasteiger partial charge in [-0.3, -0.25) is 4.90 Å². The summed E-state index contributed by atoms with van der Waals surface area (Å²) in [5.74, 6) is 0. The second kappa shape index (κ2) is 6.85. The molecule has 0 aromatic heterocycles. The molecule has 4 nitrogen and oxygen atoms in total. The van der Waals surface area contributed by atoms with Gasteiger partial charge in [0.1, 0.15) is 0 Å². The second-order valence-corrected chi connectivity index (χ2v) is 6.14. The van der Waals surface area contributed by atoms with Crippen molar-refractivity contribution in [2.75, 3.05) is 45.9 Å². The van der Waals surface area contributed by atoms with Gasteiger partial charge in [0.25, 0.3) is 0 Å². The van der Waals surface area contributed by atoms with Gasteiger partial charge in [0.05, 0.1) is 6.10 Å². The summed E-state index contributed by atoms with van der Waals surface area (Å²) in [6.07, 6.45) is 4.14. The summed E-state index contributed by atoms with van der Waals surface area (Å²) in [6, 6.07) is 0. The maximum absolute atomic E-state index is 5.62. The van der Waals surface area contributed by atoms with Crippen LogP contribution in [0.3, 0.4) is 0 Å². The van der Waals surface area contributed by atoms with Crippen molar-refractivity contribution < 1.29 is 4.74 Å². The zero-order chi connectivity index (χ0) is 12.8. The van der Waals surface area contributed by atoms with Gasteiger partial charge in [0, 0.05) is 44.9 Å². The monoisotopic (exact) mass is 255 g/mol. The standard InChI is InChI=1S/C14H29N3O/c1-14(2,17-9-7-15-8-10-17)5-6-16-12-13-4-3-11-18-13/h13,15-16H,3-12H2,1-2H3. The Morgan fingerprint density at radius 1 is 1.33 bits per heavy atom. The van der Waals surface area contributed by atoms with Gasteiger partial charge >= 0.3 is 0 Å². The molecule has 0 saturated carbocycles. The number of nitrogens with zero attached hydrogens (tertiary/aromatic N) is 1. The smallest absolute Gasteiger partial charge is 0.0700 e. The summed E-state index contributed by atoms with van der Waals surface area (Å²) in [4.78, 5) is 2.61. The van der Waals surface area contributed by atoms with E-state index >= 15 is 0 Å². The minimum Gasteiger partial charge on any atom is -0.377 e. The molecule has 0 amide bonds. The molecule has 2 aliphatic heterocycles. The summed E-state index contributed by atoms with van der Waals surface area (Å²) in [5.41, 5.74) is 0.311. The molecule has 106 valence electrons. The molecule has 0 aromatic rings. The van der Waals surface area contributed by atoms with Gasteiger partial charge in [-0.2, -0.15) is 0 Å². The highest BCUT2D eigenvalue weighted by Crippen LogP contribution is 2.18. The third-order valence-electron chi connectivity index (χ3n) is 4.28.